The van der Waals surface area contributed by atoms with Crippen LogP contribution in [0.1, 0.15) is 29.6 Å². The average Bonchev–Trinajstić information content (AvgIpc) is 3.03. The first-order chi connectivity index (χ1) is 11.6. The summed E-state index contributed by atoms with van der Waals surface area (Å²) in [6, 6.07) is 6.62. The van der Waals surface area contributed by atoms with Crippen LogP contribution in [0.25, 0.3) is 0 Å². The zero-order valence-electron chi connectivity index (χ0n) is 13.7. The van der Waals surface area contributed by atoms with Crippen molar-refractivity contribution in [1.82, 2.24) is 5.32 Å². The third-order valence-electron chi connectivity index (χ3n) is 3.67. The molecule has 1 saturated heterocycles. The van der Waals surface area contributed by atoms with Crippen molar-refractivity contribution in [2.24, 2.45) is 0 Å². The van der Waals surface area contributed by atoms with Crippen LogP contribution in [0.3, 0.4) is 0 Å². The molecule has 0 bridgehead atoms. The molecule has 1 aromatic rings. The number of hydrogen-bond donors (Lipinski definition) is 1. The van der Waals surface area contributed by atoms with E-state index in [-0.39, 0.29) is 18.4 Å². The van der Waals surface area contributed by atoms with E-state index in [0.717, 1.165) is 12.1 Å². The Kier molecular flexibility index (Phi) is 6.74. The van der Waals surface area contributed by atoms with Crippen molar-refractivity contribution in [2.45, 2.75) is 19.3 Å². The van der Waals surface area contributed by atoms with Gasteiger partial charge < -0.3 is 19.7 Å². The Morgan fingerprint density at radius 2 is 2.00 bits per heavy atom. The predicted molar refractivity (Wildman–Crippen MR) is 87.8 cm³/mol. The fourth-order valence-corrected chi connectivity index (χ4v) is 2.41. The fraction of sp³-hybridized carbons (Fsp3) is 0.471. The minimum atomic E-state index is -0.568. The van der Waals surface area contributed by atoms with E-state index in [9.17, 15) is 14.4 Å². The lowest BCUT2D eigenvalue weighted by molar-refractivity contribution is -0.124. The van der Waals surface area contributed by atoms with Gasteiger partial charge in [0, 0.05) is 38.9 Å². The van der Waals surface area contributed by atoms with E-state index in [1.165, 1.54) is 0 Å². The standard InChI is InChI=1S/C17H22N2O5/c1-23-11-3-9-18-15(20)12-24-17(22)13-5-7-14(8-6-13)19-10-2-4-16(19)21/h5-8H,2-4,9-12H2,1H3,(H,18,20). The van der Waals surface area contributed by atoms with Crippen LogP contribution < -0.4 is 10.2 Å². The zero-order chi connectivity index (χ0) is 17.4. The van der Waals surface area contributed by atoms with Gasteiger partial charge in [-0.15, -0.1) is 0 Å². The summed E-state index contributed by atoms with van der Waals surface area (Å²) in [5.74, 6) is -0.824. The summed E-state index contributed by atoms with van der Waals surface area (Å²) in [6.07, 6.45) is 2.11. The van der Waals surface area contributed by atoms with Crippen LogP contribution in [0, 0.1) is 0 Å². The van der Waals surface area contributed by atoms with Gasteiger partial charge in [-0.2, -0.15) is 0 Å². The van der Waals surface area contributed by atoms with Crippen molar-refractivity contribution in [3.8, 4) is 0 Å². The van der Waals surface area contributed by atoms with E-state index >= 15 is 0 Å². The molecular formula is C17H22N2O5. The Balaban J connectivity index is 1.78. The molecule has 0 saturated carbocycles. The number of carbonyl (C=O) groups excluding carboxylic acids is 3. The summed E-state index contributed by atoms with van der Waals surface area (Å²) in [7, 11) is 1.59. The number of methoxy groups -OCH3 is 1. The molecule has 1 aliphatic heterocycles. The lowest BCUT2D eigenvalue weighted by atomic mass is 10.2. The van der Waals surface area contributed by atoms with Crippen molar-refractivity contribution in [2.75, 3.05) is 38.3 Å². The van der Waals surface area contributed by atoms with Crippen molar-refractivity contribution >= 4 is 23.5 Å². The van der Waals surface area contributed by atoms with E-state index in [0.29, 0.717) is 38.1 Å². The number of rotatable bonds is 8. The number of nitrogens with one attached hydrogen (secondary N) is 1. The molecule has 130 valence electrons. The molecule has 0 spiro atoms. The third-order valence-corrected chi connectivity index (χ3v) is 3.67. The molecule has 1 N–H and O–H groups in total. The van der Waals surface area contributed by atoms with E-state index in [1.807, 2.05) is 0 Å². The third kappa shape index (κ3) is 5.06. The largest absolute Gasteiger partial charge is 0.452 e. The molecule has 2 amide bonds. The van der Waals surface area contributed by atoms with Gasteiger partial charge in [0.1, 0.15) is 0 Å². The van der Waals surface area contributed by atoms with Crippen LogP contribution in [-0.2, 0) is 19.1 Å². The van der Waals surface area contributed by atoms with Gasteiger partial charge in [0.05, 0.1) is 5.56 Å². The molecule has 1 aliphatic rings. The monoisotopic (exact) mass is 334 g/mol. The highest BCUT2D eigenvalue weighted by Gasteiger charge is 2.21. The molecule has 1 fully saturated rings. The van der Waals surface area contributed by atoms with Crippen LogP contribution in [-0.4, -0.2) is 51.2 Å². The lowest BCUT2D eigenvalue weighted by Crippen LogP contribution is -2.30. The molecule has 24 heavy (non-hydrogen) atoms. The lowest BCUT2D eigenvalue weighted by Gasteiger charge is -2.15. The summed E-state index contributed by atoms with van der Waals surface area (Å²) in [6.45, 7) is 1.42. The highest BCUT2D eigenvalue weighted by Crippen LogP contribution is 2.21. The second-order valence-electron chi connectivity index (χ2n) is 5.47. The summed E-state index contributed by atoms with van der Waals surface area (Å²) >= 11 is 0. The van der Waals surface area contributed by atoms with E-state index < -0.39 is 5.97 Å². The zero-order valence-corrected chi connectivity index (χ0v) is 13.7. The maximum Gasteiger partial charge on any atom is 0.338 e. The number of hydrogen-bond acceptors (Lipinski definition) is 5. The van der Waals surface area contributed by atoms with Gasteiger partial charge in [-0.3, -0.25) is 9.59 Å². The van der Waals surface area contributed by atoms with Crippen LogP contribution in [0.15, 0.2) is 24.3 Å². The number of esters is 1. The highest BCUT2D eigenvalue weighted by molar-refractivity contribution is 5.96. The van der Waals surface area contributed by atoms with Gasteiger partial charge in [0.2, 0.25) is 5.91 Å². The number of benzene rings is 1. The maximum atomic E-state index is 11.9. The van der Waals surface area contributed by atoms with Crippen molar-refractivity contribution in [3.05, 3.63) is 29.8 Å². The minimum absolute atomic E-state index is 0.0930. The molecule has 7 heteroatoms. The minimum Gasteiger partial charge on any atom is -0.452 e. The van der Waals surface area contributed by atoms with Gasteiger partial charge in [0.25, 0.3) is 5.91 Å². The first-order valence-electron chi connectivity index (χ1n) is 7.95. The molecule has 0 aliphatic carbocycles. The van der Waals surface area contributed by atoms with Crippen molar-refractivity contribution < 1.29 is 23.9 Å². The summed E-state index contributed by atoms with van der Waals surface area (Å²) in [4.78, 5) is 36.8. The summed E-state index contributed by atoms with van der Waals surface area (Å²) in [5.41, 5.74) is 1.11. The van der Waals surface area contributed by atoms with Crippen LogP contribution in [0.5, 0.6) is 0 Å². The van der Waals surface area contributed by atoms with E-state index in [4.69, 9.17) is 9.47 Å². The molecule has 0 aromatic heterocycles. The summed E-state index contributed by atoms with van der Waals surface area (Å²) < 4.78 is 9.84. The van der Waals surface area contributed by atoms with Crippen LogP contribution >= 0.6 is 0 Å². The number of anilines is 1. The molecule has 7 nitrogen and oxygen atoms in total. The Labute approximate surface area is 140 Å². The van der Waals surface area contributed by atoms with Gasteiger partial charge in [-0.1, -0.05) is 0 Å². The first-order valence-corrected chi connectivity index (χ1v) is 7.95. The summed E-state index contributed by atoms with van der Waals surface area (Å²) in [5, 5.41) is 2.64. The number of nitrogens with zero attached hydrogens (tertiary/aromatic N) is 1. The Morgan fingerprint density at radius 1 is 1.25 bits per heavy atom. The van der Waals surface area contributed by atoms with Gasteiger partial charge in [-0.05, 0) is 37.1 Å². The number of ether oxygens (including phenoxy) is 2. The second kappa shape index (κ2) is 9.02. The Morgan fingerprint density at radius 3 is 2.62 bits per heavy atom. The van der Waals surface area contributed by atoms with Gasteiger partial charge in [-0.25, -0.2) is 4.79 Å². The maximum absolute atomic E-state index is 11.9. The normalized spacial score (nSPS) is 13.9. The van der Waals surface area contributed by atoms with E-state index in [1.54, 1.807) is 36.3 Å². The SMILES string of the molecule is COCCCNC(=O)COC(=O)c1ccc(N2CCCC2=O)cc1. The van der Waals surface area contributed by atoms with Gasteiger partial charge in [0.15, 0.2) is 6.61 Å². The molecule has 2 rings (SSSR count). The quantitative estimate of drug-likeness (QED) is 0.569. The molecule has 0 atom stereocenters. The highest BCUT2D eigenvalue weighted by atomic mass is 16.5. The number of amides is 2. The fourth-order valence-electron chi connectivity index (χ4n) is 2.41. The molecule has 1 heterocycles. The van der Waals surface area contributed by atoms with Crippen molar-refractivity contribution in [3.63, 3.8) is 0 Å². The average molecular weight is 334 g/mol. The Bertz CT molecular complexity index is 585. The molecular weight excluding hydrogens is 312 g/mol. The second-order valence-corrected chi connectivity index (χ2v) is 5.47. The number of carbonyl (C=O) groups is 3. The molecule has 0 unspecified atom stereocenters. The smallest absolute Gasteiger partial charge is 0.338 e. The molecule has 1 aromatic carbocycles. The van der Waals surface area contributed by atoms with Gasteiger partial charge >= 0.3 is 5.97 Å². The van der Waals surface area contributed by atoms with Crippen molar-refractivity contribution in [1.29, 1.82) is 0 Å². The molecule has 0 radical (unpaired) electrons. The van der Waals surface area contributed by atoms with Crippen LogP contribution in [0.2, 0.25) is 0 Å². The topological polar surface area (TPSA) is 84.9 Å². The predicted octanol–water partition coefficient (Wildman–Crippen LogP) is 1.12. The Hall–Kier alpha value is -2.41. The van der Waals surface area contributed by atoms with Crippen LogP contribution in [0.4, 0.5) is 5.69 Å². The first kappa shape index (κ1) is 17.9. The van der Waals surface area contributed by atoms with E-state index in [2.05, 4.69) is 5.32 Å².